The third-order valence-corrected chi connectivity index (χ3v) is 11.1. The molecule has 0 aliphatic rings. The van der Waals surface area contributed by atoms with E-state index in [1.807, 2.05) is 23.5 Å². The van der Waals surface area contributed by atoms with Crippen molar-refractivity contribution in [2.24, 2.45) is 17.8 Å². The second-order valence-electron chi connectivity index (χ2n) is 18.4. The Morgan fingerprint density at radius 3 is 1.02 bits per heavy atom. The molecule has 1 atom stereocenters. The molecule has 250 valence electrons. The predicted octanol–water partition coefficient (Wildman–Crippen LogP) is 13.0. The number of hydrogen-bond acceptors (Lipinski definition) is 4. The molecule has 0 aliphatic carbocycles. The minimum atomic E-state index is -0.181. The van der Waals surface area contributed by atoms with Gasteiger partial charge >= 0.3 is 0 Å². The summed E-state index contributed by atoms with van der Waals surface area (Å²) in [5, 5.41) is 23.0. The molecule has 2 aromatic carbocycles. The molecule has 2 rings (SSSR count). The molecule has 0 saturated heterocycles. The summed E-state index contributed by atoms with van der Waals surface area (Å²) in [6.45, 7) is 38.1. The molecule has 0 heterocycles. The third kappa shape index (κ3) is 10.4. The molecule has 2 N–H and O–H groups in total. The highest BCUT2D eigenvalue weighted by molar-refractivity contribution is 8.18. The van der Waals surface area contributed by atoms with Gasteiger partial charge in [0.15, 0.2) is 0 Å². The summed E-state index contributed by atoms with van der Waals surface area (Å²) < 4.78 is -0.134. The lowest BCUT2D eigenvalue weighted by molar-refractivity contribution is 0.382. The van der Waals surface area contributed by atoms with E-state index in [9.17, 15) is 10.2 Å². The SMILES string of the molecule is CC(C)CC(C)CC(CC(C)C)(Sc1cc(C(C)(C)C)c(O)c(C(C)(C)C)c1)Sc1cc(C(C)(C)C)c(O)c(C(C)(C)C)c1. The van der Waals surface area contributed by atoms with Gasteiger partial charge in [-0.05, 0) is 82.9 Å². The Morgan fingerprint density at radius 2 is 0.795 bits per heavy atom. The summed E-state index contributed by atoms with van der Waals surface area (Å²) in [7, 11) is 0. The summed E-state index contributed by atoms with van der Waals surface area (Å²) in [4.78, 5) is 2.46. The van der Waals surface area contributed by atoms with E-state index in [1.165, 1.54) is 16.2 Å². The fraction of sp³-hybridized carbons (Fsp3) is 0.700. The van der Waals surface area contributed by atoms with Crippen LogP contribution in [0, 0.1) is 17.8 Å². The van der Waals surface area contributed by atoms with Gasteiger partial charge in [0, 0.05) is 32.0 Å². The molecule has 0 radical (unpaired) electrons. The third-order valence-electron chi connectivity index (χ3n) is 8.26. The number of aromatic hydroxyl groups is 2. The van der Waals surface area contributed by atoms with Crippen molar-refractivity contribution in [1.82, 2.24) is 0 Å². The van der Waals surface area contributed by atoms with Gasteiger partial charge in [0.1, 0.15) is 11.5 Å². The summed E-state index contributed by atoms with van der Waals surface area (Å²) in [5.74, 6) is 2.57. The number of thioether (sulfide) groups is 2. The largest absolute Gasteiger partial charge is 0.507 e. The Morgan fingerprint density at radius 1 is 0.500 bits per heavy atom. The van der Waals surface area contributed by atoms with E-state index in [-0.39, 0.29) is 25.7 Å². The van der Waals surface area contributed by atoms with Crippen molar-refractivity contribution in [3.63, 3.8) is 0 Å². The van der Waals surface area contributed by atoms with Gasteiger partial charge < -0.3 is 10.2 Å². The number of benzene rings is 2. The van der Waals surface area contributed by atoms with E-state index < -0.39 is 0 Å². The Kier molecular flexibility index (Phi) is 12.2. The van der Waals surface area contributed by atoms with Crippen LogP contribution in [0.4, 0.5) is 0 Å². The molecule has 0 spiro atoms. The van der Waals surface area contributed by atoms with Crippen LogP contribution >= 0.6 is 23.5 Å². The summed E-state index contributed by atoms with van der Waals surface area (Å²) in [6, 6.07) is 9.04. The zero-order valence-corrected chi connectivity index (χ0v) is 33.0. The molecule has 0 fully saturated rings. The lowest BCUT2D eigenvalue weighted by Gasteiger charge is -2.38. The number of hydrogen-bond donors (Lipinski definition) is 2. The fourth-order valence-corrected chi connectivity index (χ4v) is 10.2. The van der Waals surface area contributed by atoms with Crippen molar-refractivity contribution in [2.45, 2.75) is 172 Å². The van der Waals surface area contributed by atoms with Crippen molar-refractivity contribution in [3.8, 4) is 11.5 Å². The van der Waals surface area contributed by atoms with Crippen LogP contribution in [0.3, 0.4) is 0 Å². The second-order valence-corrected chi connectivity index (χ2v) is 21.6. The van der Waals surface area contributed by atoms with Crippen LogP contribution in [-0.2, 0) is 21.7 Å². The highest BCUT2D eigenvalue weighted by atomic mass is 32.2. The van der Waals surface area contributed by atoms with Crippen LogP contribution in [0.2, 0.25) is 0 Å². The van der Waals surface area contributed by atoms with Crippen molar-refractivity contribution in [3.05, 3.63) is 46.5 Å². The molecule has 0 aromatic heterocycles. The maximum absolute atomic E-state index is 11.5. The number of phenolic OH excluding ortho intramolecular Hbond substituents is 2. The van der Waals surface area contributed by atoms with E-state index in [1.54, 1.807) is 0 Å². The average Bonchev–Trinajstić information content (AvgIpc) is 2.77. The highest BCUT2D eigenvalue weighted by Gasteiger charge is 2.38. The van der Waals surface area contributed by atoms with Gasteiger partial charge in [-0.3, -0.25) is 0 Å². The summed E-state index contributed by atoms with van der Waals surface area (Å²) >= 11 is 4.01. The van der Waals surface area contributed by atoms with E-state index in [0.29, 0.717) is 29.3 Å². The molecule has 0 aliphatic heterocycles. The van der Waals surface area contributed by atoms with Crippen LogP contribution < -0.4 is 0 Å². The molecule has 44 heavy (non-hydrogen) atoms. The first-order chi connectivity index (χ1) is 19.7. The monoisotopic (exact) mass is 642 g/mol. The van der Waals surface area contributed by atoms with Crippen molar-refractivity contribution < 1.29 is 10.2 Å². The van der Waals surface area contributed by atoms with Gasteiger partial charge in [-0.15, -0.1) is 23.5 Å². The maximum Gasteiger partial charge on any atom is 0.123 e. The zero-order chi connectivity index (χ0) is 34.2. The molecule has 2 nitrogen and oxygen atoms in total. The maximum atomic E-state index is 11.5. The van der Waals surface area contributed by atoms with Crippen LogP contribution in [0.15, 0.2) is 34.1 Å². The topological polar surface area (TPSA) is 40.5 Å². The van der Waals surface area contributed by atoms with Crippen LogP contribution in [0.1, 0.15) is 159 Å². The van der Waals surface area contributed by atoms with E-state index >= 15 is 0 Å². The van der Waals surface area contributed by atoms with Crippen LogP contribution in [0.5, 0.6) is 11.5 Å². The van der Waals surface area contributed by atoms with Gasteiger partial charge in [-0.2, -0.15) is 0 Å². The lowest BCUT2D eigenvalue weighted by Crippen LogP contribution is -2.27. The van der Waals surface area contributed by atoms with Crippen molar-refractivity contribution >= 4 is 23.5 Å². The first-order valence-corrected chi connectivity index (χ1v) is 18.4. The molecule has 1 unspecified atom stereocenters. The Bertz CT molecular complexity index is 1110. The van der Waals surface area contributed by atoms with Gasteiger partial charge in [0.25, 0.3) is 0 Å². The summed E-state index contributed by atoms with van der Waals surface area (Å²) in [6.07, 6.45) is 3.32. The normalized spacial score (nSPS) is 14.5. The van der Waals surface area contributed by atoms with Gasteiger partial charge in [0.2, 0.25) is 0 Å². The first kappa shape index (κ1) is 38.9. The van der Waals surface area contributed by atoms with Gasteiger partial charge in [-0.1, -0.05) is 118 Å². The minimum absolute atomic E-state index is 0.134. The Hall–Kier alpha value is -1.26. The minimum Gasteiger partial charge on any atom is -0.507 e. The van der Waals surface area contributed by atoms with E-state index in [4.69, 9.17) is 0 Å². The lowest BCUT2D eigenvalue weighted by atomic mass is 9.79. The van der Waals surface area contributed by atoms with Crippen LogP contribution in [0.25, 0.3) is 0 Å². The molecule has 0 amide bonds. The van der Waals surface area contributed by atoms with Gasteiger partial charge in [0.05, 0.1) is 4.08 Å². The van der Waals surface area contributed by atoms with Crippen molar-refractivity contribution in [2.75, 3.05) is 0 Å². The molecular formula is C40H66O2S2. The predicted molar refractivity (Wildman–Crippen MR) is 198 cm³/mol. The molecular weight excluding hydrogens is 577 g/mol. The zero-order valence-electron chi connectivity index (χ0n) is 31.4. The molecule has 0 saturated carbocycles. The number of rotatable bonds is 10. The molecule has 4 heteroatoms. The van der Waals surface area contributed by atoms with E-state index in [2.05, 4.69) is 142 Å². The highest BCUT2D eigenvalue weighted by Crippen LogP contribution is 2.56. The quantitative estimate of drug-likeness (QED) is 0.200. The standard InChI is InChI=1S/C40H66O2S2/c1-25(2)18-27(5)24-40(23-26(3)4,43-28-19-30(36(6,7)8)34(41)31(20-28)37(9,10)11)44-29-21-32(38(12,13)14)35(42)33(22-29)39(15,16)17/h19-22,25-27,41-42H,18,23-24H2,1-17H3. The Labute approximate surface area is 281 Å². The second kappa shape index (κ2) is 13.8. The molecule has 2 aromatic rings. The summed E-state index contributed by atoms with van der Waals surface area (Å²) in [5.41, 5.74) is 3.33. The number of phenols is 2. The Balaban J connectivity index is 2.92. The fourth-order valence-electron chi connectivity index (χ4n) is 6.36. The first-order valence-electron chi connectivity index (χ1n) is 16.8. The van der Waals surface area contributed by atoms with Crippen LogP contribution in [-0.4, -0.2) is 14.3 Å². The molecule has 0 bridgehead atoms. The average molecular weight is 643 g/mol. The smallest absolute Gasteiger partial charge is 0.123 e. The van der Waals surface area contributed by atoms with E-state index in [0.717, 1.165) is 35.1 Å². The van der Waals surface area contributed by atoms with Gasteiger partial charge in [-0.25, -0.2) is 0 Å². The van der Waals surface area contributed by atoms with Crippen molar-refractivity contribution in [1.29, 1.82) is 0 Å².